The molecule has 0 saturated carbocycles. The van der Waals surface area contributed by atoms with Gasteiger partial charge in [0.2, 0.25) is 0 Å². The highest BCUT2D eigenvalue weighted by Crippen LogP contribution is 2.30. The van der Waals surface area contributed by atoms with Crippen molar-refractivity contribution in [1.82, 2.24) is 0 Å². The van der Waals surface area contributed by atoms with Gasteiger partial charge in [-0.05, 0) is 48.4 Å². The second kappa shape index (κ2) is 9.35. The number of ether oxygens (including phenoxy) is 3. The molecule has 2 aromatic rings. The molecule has 0 atom stereocenters. The molecular weight excluding hydrogens is 363 g/mol. The van der Waals surface area contributed by atoms with Crippen molar-refractivity contribution in [3.05, 3.63) is 63.6 Å². The zero-order chi connectivity index (χ0) is 18.2. The number of esters is 1. The average Bonchev–Trinajstić information content (AvgIpc) is 2.61. The predicted octanol–water partition coefficient (Wildman–Crippen LogP) is 5.16. The van der Waals surface area contributed by atoms with Gasteiger partial charge >= 0.3 is 5.97 Å². The van der Waals surface area contributed by atoms with Gasteiger partial charge in [0, 0.05) is 6.08 Å². The van der Waals surface area contributed by atoms with Crippen LogP contribution in [0.5, 0.6) is 11.5 Å². The van der Waals surface area contributed by atoms with Crippen LogP contribution in [0, 0.1) is 0 Å². The molecule has 0 aromatic heterocycles. The number of carbonyl (C=O) groups is 1. The zero-order valence-electron chi connectivity index (χ0n) is 13.9. The normalized spacial score (nSPS) is 10.7. The van der Waals surface area contributed by atoms with E-state index in [1.165, 1.54) is 6.08 Å². The second-order valence-electron chi connectivity index (χ2n) is 5.03. The van der Waals surface area contributed by atoms with E-state index in [1.54, 1.807) is 44.4 Å². The minimum atomic E-state index is -0.388. The lowest BCUT2D eigenvalue weighted by Gasteiger charge is -2.12. The Bertz CT molecular complexity index is 772. The molecule has 2 rings (SSSR count). The van der Waals surface area contributed by atoms with Crippen LogP contribution in [0.1, 0.15) is 18.1 Å². The summed E-state index contributed by atoms with van der Waals surface area (Å²) < 4.78 is 16.0. The van der Waals surface area contributed by atoms with Crippen molar-refractivity contribution in [2.75, 3.05) is 13.7 Å². The van der Waals surface area contributed by atoms with Gasteiger partial charge in [-0.1, -0.05) is 35.3 Å². The zero-order valence-corrected chi connectivity index (χ0v) is 15.4. The first kappa shape index (κ1) is 19.2. The van der Waals surface area contributed by atoms with Crippen molar-refractivity contribution in [2.24, 2.45) is 0 Å². The molecule has 2 aromatic carbocycles. The van der Waals surface area contributed by atoms with Gasteiger partial charge in [-0.25, -0.2) is 4.79 Å². The molecule has 0 heterocycles. The number of benzene rings is 2. The van der Waals surface area contributed by atoms with Gasteiger partial charge in [0.05, 0.1) is 23.8 Å². The summed E-state index contributed by atoms with van der Waals surface area (Å²) in [6.45, 7) is 2.42. The number of rotatable bonds is 7. The van der Waals surface area contributed by atoms with Gasteiger partial charge in [-0.15, -0.1) is 0 Å². The molecule has 0 fully saturated rings. The van der Waals surface area contributed by atoms with Crippen LogP contribution in [0.25, 0.3) is 6.08 Å². The van der Waals surface area contributed by atoms with Crippen molar-refractivity contribution < 1.29 is 19.0 Å². The van der Waals surface area contributed by atoms with Crippen molar-refractivity contribution >= 4 is 35.2 Å². The van der Waals surface area contributed by atoms with Gasteiger partial charge < -0.3 is 14.2 Å². The average molecular weight is 381 g/mol. The Labute approximate surface area is 156 Å². The Balaban J connectivity index is 2.08. The largest absolute Gasteiger partial charge is 0.493 e. The molecule has 25 heavy (non-hydrogen) atoms. The van der Waals surface area contributed by atoms with Crippen molar-refractivity contribution in [3.63, 3.8) is 0 Å². The number of hydrogen-bond donors (Lipinski definition) is 0. The number of halogens is 2. The second-order valence-corrected chi connectivity index (χ2v) is 5.85. The minimum Gasteiger partial charge on any atom is -0.493 e. The highest BCUT2D eigenvalue weighted by molar-refractivity contribution is 6.42. The van der Waals surface area contributed by atoms with Gasteiger partial charge in [-0.2, -0.15) is 0 Å². The molecule has 0 aliphatic heterocycles. The van der Waals surface area contributed by atoms with Crippen LogP contribution in [0.3, 0.4) is 0 Å². The first-order valence-electron chi connectivity index (χ1n) is 7.63. The SMILES string of the molecule is CCOC(=O)/C=C/c1ccc(OCc2ccc(Cl)c(Cl)c2)c(OC)c1. The molecular formula is C19H18Cl2O4. The Morgan fingerprint density at radius 3 is 2.56 bits per heavy atom. The summed E-state index contributed by atoms with van der Waals surface area (Å²) in [5, 5.41) is 0.981. The number of hydrogen-bond acceptors (Lipinski definition) is 4. The minimum absolute atomic E-state index is 0.325. The third kappa shape index (κ3) is 5.69. The maximum atomic E-state index is 11.4. The fraction of sp³-hybridized carbons (Fsp3) is 0.211. The van der Waals surface area contributed by atoms with E-state index in [4.69, 9.17) is 37.4 Å². The Hall–Kier alpha value is -2.17. The highest BCUT2D eigenvalue weighted by atomic mass is 35.5. The summed E-state index contributed by atoms with van der Waals surface area (Å²) in [5.74, 6) is 0.759. The fourth-order valence-corrected chi connectivity index (χ4v) is 2.37. The molecule has 0 N–H and O–H groups in total. The summed E-state index contributed by atoms with van der Waals surface area (Å²) in [7, 11) is 1.56. The fourth-order valence-electron chi connectivity index (χ4n) is 2.05. The van der Waals surface area contributed by atoms with Crippen LogP contribution in [-0.4, -0.2) is 19.7 Å². The standard InChI is InChI=1S/C19H18Cl2O4/c1-3-24-19(22)9-6-13-5-8-17(18(11-13)23-2)25-12-14-4-7-15(20)16(21)10-14/h4-11H,3,12H2,1-2H3/b9-6+. The van der Waals surface area contributed by atoms with Crippen LogP contribution in [-0.2, 0) is 16.1 Å². The van der Waals surface area contributed by atoms with Crippen molar-refractivity contribution in [2.45, 2.75) is 13.5 Å². The Morgan fingerprint density at radius 2 is 1.88 bits per heavy atom. The maximum Gasteiger partial charge on any atom is 0.330 e. The molecule has 0 radical (unpaired) electrons. The van der Waals surface area contributed by atoms with Gasteiger partial charge in [-0.3, -0.25) is 0 Å². The van der Waals surface area contributed by atoms with Crippen molar-refractivity contribution in [3.8, 4) is 11.5 Å². The van der Waals surface area contributed by atoms with Crippen LogP contribution in [0.15, 0.2) is 42.5 Å². The molecule has 132 valence electrons. The van der Waals surface area contributed by atoms with Crippen LogP contribution < -0.4 is 9.47 Å². The Morgan fingerprint density at radius 1 is 1.08 bits per heavy atom. The number of methoxy groups -OCH3 is 1. The topological polar surface area (TPSA) is 44.8 Å². The lowest BCUT2D eigenvalue weighted by atomic mass is 10.2. The predicted molar refractivity (Wildman–Crippen MR) is 99.5 cm³/mol. The van der Waals surface area contributed by atoms with Crippen molar-refractivity contribution in [1.29, 1.82) is 0 Å². The van der Waals surface area contributed by atoms with E-state index in [-0.39, 0.29) is 5.97 Å². The molecule has 0 bridgehead atoms. The first-order chi connectivity index (χ1) is 12.0. The molecule has 4 nitrogen and oxygen atoms in total. The van der Waals surface area contributed by atoms with E-state index < -0.39 is 0 Å². The van der Waals surface area contributed by atoms with E-state index >= 15 is 0 Å². The van der Waals surface area contributed by atoms with E-state index in [0.717, 1.165) is 11.1 Å². The molecule has 0 amide bonds. The van der Waals surface area contributed by atoms with Crippen LogP contribution in [0.4, 0.5) is 0 Å². The lowest BCUT2D eigenvalue weighted by molar-refractivity contribution is -0.137. The lowest BCUT2D eigenvalue weighted by Crippen LogP contribution is -1.99. The number of carbonyl (C=O) groups excluding carboxylic acids is 1. The van der Waals surface area contributed by atoms with Crippen LogP contribution in [0.2, 0.25) is 10.0 Å². The summed E-state index contributed by atoms with van der Waals surface area (Å²) in [5.41, 5.74) is 1.69. The summed E-state index contributed by atoms with van der Waals surface area (Å²) >= 11 is 11.9. The molecule has 0 unspecified atom stereocenters. The Kier molecular flexibility index (Phi) is 7.16. The molecule has 0 saturated heterocycles. The molecule has 0 aliphatic rings. The van der Waals surface area contributed by atoms with E-state index in [1.807, 2.05) is 12.1 Å². The smallest absolute Gasteiger partial charge is 0.330 e. The van der Waals surface area contributed by atoms with Gasteiger partial charge in [0.1, 0.15) is 6.61 Å². The first-order valence-corrected chi connectivity index (χ1v) is 8.38. The summed E-state index contributed by atoms with van der Waals surface area (Å²) in [4.78, 5) is 11.4. The third-order valence-corrected chi connectivity index (χ3v) is 4.00. The van der Waals surface area contributed by atoms with Gasteiger partial charge in [0.25, 0.3) is 0 Å². The van der Waals surface area contributed by atoms with Gasteiger partial charge in [0.15, 0.2) is 11.5 Å². The molecule has 0 spiro atoms. The molecule has 6 heteroatoms. The maximum absolute atomic E-state index is 11.4. The highest BCUT2D eigenvalue weighted by Gasteiger charge is 2.07. The van der Waals surface area contributed by atoms with E-state index in [9.17, 15) is 4.79 Å². The molecule has 0 aliphatic carbocycles. The van der Waals surface area contributed by atoms with E-state index in [2.05, 4.69) is 0 Å². The van der Waals surface area contributed by atoms with Crippen LogP contribution >= 0.6 is 23.2 Å². The monoisotopic (exact) mass is 380 g/mol. The summed E-state index contributed by atoms with van der Waals surface area (Å²) in [6, 6.07) is 10.7. The quantitative estimate of drug-likeness (QED) is 0.491. The summed E-state index contributed by atoms with van der Waals surface area (Å²) in [6.07, 6.45) is 3.03. The van der Waals surface area contributed by atoms with E-state index in [0.29, 0.717) is 34.8 Å². The third-order valence-electron chi connectivity index (χ3n) is 3.26.